The quantitative estimate of drug-likeness (QED) is 0.811. The molecule has 0 radical (unpaired) electrons. The number of halogens is 3. The predicted octanol–water partition coefficient (Wildman–Crippen LogP) is 4.15. The van der Waals surface area contributed by atoms with Crippen LogP contribution >= 0.6 is 0 Å². The van der Waals surface area contributed by atoms with Gasteiger partial charge in [-0.2, -0.15) is 13.2 Å². The molecule has 9 heteroatoms. The molecule has 2 rings (SSSR count). The van der Waals surface area contributed by atoms with Crippen molar-refractivity contribution in [3.8, 4) is 5.75 Å². The van der Waals surface area contributed by atoms with Crippen molar-refractivity contribution >= 4 is 17.6 Å². The third kappa shape index (κ3) is 4.96. The molecule has 2 N–H and O–H groups in total. The minimum atomic E-state index is -4.62. The van der Waals surface area contributed by atoms with E-state index < -0.39 is 23.7 Å². The second-order valence-electron chi connectivity index (χ2n) is 5.96. The molecule has 1 aromatic heterocycles. The number of hydrogen-bond donors (Lipinski definition) is 2. The van der Waals surface area contributed by atoms with Gasteiger partial charge in [-0.1, -0.05) is 0 Å². The Morgan fingerprint density at radius 1 is 1.19 bits per heavy atom. The van der Waals surface area contributed by atoms with Crippen LogP contribution in [0.25, 0.3) is 0 Å². The summed E-state index contributed by atoms with van der Waals surface area (Å²) in [6.45, 7) is 4.78. The van der Waals surface area contributed by atoms with Crippen molar-refractivity contribution in [2.45, 2.75) is 33.1 Å². The number of carboxylic acids is 1. The number of nitrogens with one attached hydrogen (secondary N) is 1. The van der Waals surface area contributed by atoms with Gasteiger partial charge in [0, 0.05) is 0 Å². The third-order valence-electron chi connectivity index (χ3n) is 3.46. The number of carboxylic acid groups (broad SMARTS) is 1. The van der Waals surface area contributed by atoms with E-state index in [1.807, 2.05) is 0 Å². The molecule has 27 heavy (non-hydrogen) atoms. The van der Waals surface area contributed by atoms with E-state index >= 15 is 0 Å². The molecule has 0 saturated carbocycles. The molecule has 0 aliphatic carbocycles. The predicted molar refractivity (Wildman–Crippen MR) is 91.1 cm³/mol. The van der Waals surface area contributed by atoms with Gasteiger partial charge in [0.1, 0.15) is 11.4 Å². The van der Waals surface area contributed by atoms with Crippen molar-refractivity contribution in [2.24, 2.45) is 0 Å². The topological polar surface area (TPSA) is 88.5 Å². The van der Waals surface area contributed by atoms with Crippen molar-refractivity contribution in [2.75, 3.05) is 5.32 Å². The van der Waals surface area contributed by atoms with Crippen molar-refractivity contribution < 1.29 is 32.6 Å². The zero-order chi connectivity index (χ0) is 20.4. The Morgan fingerprint density at radius 3 is 2.37 bits per heavy atom. The molecule has 1 amide bonds. The summed E-state index contributed by atoms with van der Waals surface area (Å²) in [6.07, 6.45) is -4.86. The number of aryl methyl sites for hydroxylation is 1. The number of rotatable bonds is 5. The van der Waals surface area contributed by atoms with Crippen LogP contribution in [0, 0.1) is 6.92 Å². The van der Waals surface area contributed by atoms with Gasteiger partial charge in [-0.3, -0.25) is 4.79 Å². The van der Waals surface area contributed by atoms with Crippen LogP contribution in [-0.4, -0.2) is 28.1 Å². The summed E-state index contributed by atoms with van der Waals surface area (Å²) in [4.78, 5) is 27.1. The van der Waals surface area contributed by atoms with E-state index in [1.54, 1.807) is 13.8 Å². The summed E-state index contributed by atoms with van der Waals surface area (Å²) < 4.78 is 43.7. The molecule has 144 valence electrons. The molecule has 0 saturated heterocycles. The molecule has 0 aliphatic rings. The second-order valence-corrected chi connectivity index (χ2v) is 5.96. The first kappa shape index (κ1) is 20.2. The lowest BCUT2D eigenvalue weighted by Gasteiger charge is -2.16. The number of hydrogen-bond acceptors (Lipinski definition) is 4. The fourth-order valence-electron chi connectivity index (χ4n) is 2.27. The van der Waals surface area contributed by atoms with Crippen LogP contribution in [0.5, 0.6) is 5.75 Å². The van der Waals surface area contributed by atoms with Crippen molar-refractivity contribution in [1.82, 2.24) is 4.98 Å². The van der Waals surface area contributed by atoms with Gasteiger partial charge in [-0.25, -0.2) is 9.78 Å². The van der Waals surface area contributed by atoms with E-state index in [1.165, 1.54) is 25.1 Å². The zero-order valence-electron chi connectivity index (χ0n) is 14.7. The van der Waals surface area contributed by atoms with E-state index in [0.717, 1.165) is 6.07 Å². The summed E-state index contributed by atoms with van der Waals surface area (Å²) in [5.41, 5.74) is -1.27. The SMILES string of the molecule is Cc1nc(C(F)(F)F)ccc1C(=O)Nc1cc(C(=O)O)ccc1OC(C)C. The maximum atomic E-state index is 12.7. The number of aromatic nitrogens is 1. The number of amides is 1. The lowest BCUT2D eigenvalue weighted by atomic mass is 10.1. The fraction of sp³-hybridized carbons (Fsp3) is 0.278. The summed E-state index contributed by atoms with van der Waals surface area (Å²) in [6, 6.07) is 5.66. The first-order valence-corrected chi connectivity index (χ1v) is 7.89. The number of pyridine rings is 1. The maximum absolute atomic E-state index is 12.7. The smallest absolute Gasteiger partial charge is 0.433 e. The number of carbonyl (C=O) groups excluding carboxylic acids is 1. The average Bonchev–Trinajstić information content (AvgIpc) is 2.54. The molecule has 0 fully saturated rings. The number of anilines is 1. The molecule has 0 unspecified atom stereocenters. The van der Waals surface area contributed by atoms with Crippen LogP contribution in [0.2, 0.25) is 0 Å². The van der Waals surface area contributed by atoms with Crippen LogP contribution in [0.15, 0.2) is 30.3 Å². The minimum Gasteiger partial charge on any atom is -0.489 e. The lowest BCUT2D eigenvalue weighted by Crippen LogP contribution is -2.18. The maximum Gasteiger partial charge on any atom is 0.433 e. The number of aromatic carboxylic acids is 1. The van der Waals surface area contributed by atoms with Crippen LogP contribution in [-0.2, 0) is 6.18 Å². The normalized spacial score (nSPS) is 11.4. The van der Waals surface area contributed by atoms with E-state index in [-0.39, 0.29) is 34.4 Å². The standard InChI is InChI=1S/C18H17F3N2O4/c1-9(2)27-14-6-4-11(17(25)26)8-13(14)23-16(24)12-5-7-15(18(19,20)21)22-10(12)3/h4-9H,1-3H3,(H,23,24)(H,25,26). The van der Waals surface area contributed by atoms with Crippen molar-refractivity contribution in [3.05, 3.63) is 52.8 Å². The number of benzene rings is 1. The average molecular weight is 382 g/mol. The molecule has 1 heterocycles. The summed E-state index contributed by atoms with van der Waals surface area (Å²) in [7, 11) is 0. The van der Waals surface area contributed by atoms with Gasteiger partial charge >= 0.3 is 12.1 Å². The van der Waals surface area contributed by atoms with Gasteiger partial charge in [-0.05, 0) is 51.1 Å². The van der Waals surface area contributed by atoms with Gasteiger partial charge in [0.25, 0.3) is 5.91 Å². The summed E-state index contributed by atoms with van der Waals surface area (Å²) in [5, 5.41) is 11.6. The lowest BCUT2D eigenvalue weighted by molar-refractivity contribution is -0.141. The van der Waals surface area contributed by atoms with E-state index in [4.69, 9.17) is 9.84 Å². The second kappa shape index (κ2) is 7.65. The number of ether oxygens (including phenoxy) is 1. The van der Waals surface area contributed by atoms with Gasteiger partial charge in [-0.15, -0.1) is 0 Å². The van der Waals surface area contributed by atoms with Gasteiger partial charge in [0.05, 0.1) is 28.6 Å². The first-order valence-electron chi connectivity index (χ1n) is 7.89. The highest BCUT2D eigenvalue weighted by Gasteiger charge is 2.33. The van der Waals surface area contributed by atoms with Crippen molar-refractivity contribution in [1.29, 1.82) is 0 Å². The molecule has 2 aromatic rings. The van der Waals surface area contributed by atoms with E-state index in [9.17, 15) is 22.8 Å². The zero-order valence-corrected chi connectivity index (χ0v) is 14.7. The Kier molecular flexibility index (Phi) is 5.72. The van der Waals surface area contributed by atoms with Gasteiger partial charge < -0.3 is 15.2 Å². The summed E-state index contributed by atoms with van der Waals surface area (Å²) in [5.74, 6) is -1.69. The molecule has 1 aromatic carbocycles. The van der Waals surface area contributed by atoms with Gasteiger partial charge in [0.15, 0.2) is 0 Å². The molecule has 6 nitrogen and oxygen atoms in total. The Balaban J connectivity index is 2.36. The Morgan fingerprint density at radius 2 is 1.85 bits per heavy atom. The number of nitrogens with zero attached hydrogens (tertiary/aromatic N) is 1. The fourth-order valence-corrected chi connectivity index (χ4v) is 2.27. The third-order valence-corrected chi connectivity index (χ3v) is 3.46. The van der Waals surface area contributed by atoms with Crippen LogP contribution in [0.1, 0.15) is 46.0 Å². The van der Waals surface area contributed by atoms with Crippen LogP contribution < -0.4 is 10.1 Å². The highest BCUT2D eigenvalue weighted by molar-refractivity contribution is 6.06. The molecule has 0 atom stereocenters. The molecular formula is C18H17F3N2O4. The monoisotopic (exact) mass is 382 g/mol. The first-order chi connectivity index (χ1) is 12.5. The highest BCUT2D eigenvalue weighted by Crippen LogP contribution is 2.30. The Labute approximate surface area is 153 Å². The largest absolute Gasteiger partial charge is 0.489 e. The summed E-state index contributed by atoms with van der Waals surface area (Å²) >= 11 is 0. The number of alkyl halides is 3. The number of carbonyl (C=O) groups is 2. The molecule has 0 aliphatic heterocycles. The highest BCUT2D eigenvalue weighted by atomic mass is 19.4. The van der Waals surface area contributed by atoms with Crippen molar-refractivity contribution in [3.63, 3.8) is 0 Å². The Hall–Kier alpha value is -3.10. The van der Waals surface area contributed by atoms with Gasteiger partial charge in [0.2, 0.25) is 0 Å². The van der Waals surface area contributed by atoms with E-state index in [2.05, 4.69) is 10.3 Å². The molecule has 0 bridgehead atoms. The Bertz CT molecular complexity index is 879. The molecule has 0 spiro atoms. The van der Waals surface area contributed by atoms with E-state index in [0.29, 0.717) is 6.07 Å². The van der Waals surface area contributed by atoms with Crippen LogP contribution in [0.4, 0.5) is 18.9 Å². The minimum absolute atomic E-state index is 0.0702. The van der Waals surface area contributed by atoms with Crippen LogP contribution in [0.3, 0.4) is 0 Å². The molecular weight excluding hydrogens is 365 g/mol.